The number of fused-ring (bicyclic) bond motifs is 1. The first kappa shape index (κ1) is 11.0. The maximum absolute atomic E-state index is 9.91. The molecule has 0 bridgehead atoms. The summed E-state index contributed by atoms with van der Waals surface area (Å²) >= 11 is 0. The molecule has 0 saturated carbocycles. The van der Waals surface area contributed by atoms with Crippen LogP contribution in [0, 0.1) is 0 Å². The molecule has 84 valence electrons. The van der Waals surface area contributed by atoms with Crippen LogP contribution in [0.2, 0.25) is 0 Å². The van der Waals surface area contributed by atoms with Crippen molar-refractivity contribution in [3.63, 3.8) is 0 Å². The molecule has 0 fully saturated rings. The molecule has 1 nitrogen and oxygen atoms in total. The highest BCUT2D eigenvalue weighted by Gasteiger charge is 2.29. The zero-order valence-corrected chi connectivity index (χ0v) is 9.79. The maximum atomic E-state index is 9.91. The van der Waals surface area contributed by atoms with Gasteiger partial charge < -0.3 is 5.11 Å². The van der Waals surface area contributed by atoms with E-state index < -0.39 is 0 Å². The Bertz CT molecular complexity index is 443. The van der Waals surface area contributed by atoms with Gasteiger partial charge in [0.2, 0.25) is 0 Å². The highest BCUT2D eigenvalue weighted by molar-refractivity contribution is 5.57. The second-order valence-corrected chi connectivity index (χ2v) is 4.52. The summed E-state index contributed by atoms with van der Waals surface area (Å²) in [5.41, 5.74) is 5.02. The van der Waals surface area contributed by atoms with Gasteiger partial charge in [0.05, 0.1) is 0 Å². The molecule has 1 unspecified atom stereocenters. The zero-order chi connectivity index (χ0) is 11.7. The monoisotopic (exact) mass is 214 g/mol. The fraction of sp³-hybridized carbons (Fsp3) is 0.333. The number of phenolic OH excluding ortho intramolecular Hbond substituents is 1. The molecule has 0 saturated heterocycles. The number of hydrogen-bond acceptors (Lipinski definition) is 1. The summed E-state index contributed by atoms with van der Waals surface area (Å²) < 4.78 is 0. The molecule has 0 heterocycles. The number of allylic oxidation sites excluding steroid dienone is 2. The Morgan fingerprint density at radius 3 is 2.62 bits per heavy atom. The molecule has 0 radical (unpaired) electrons. The van der Waals surface area contributed by atoms with Gasteiger partial charge in [-0.05, 0) is 53.5 Å². The summed E-state index contributed by atoms with van der Waals surface area (Å²) in [4.78, 5) is 0. The Morgan fingerprint density at radius 1 is 1.38 bits per heavy atom. The van der Waals surface area contributed by atoms with E-state index in [1.807, 2.05) is 18.2 Å². The van der Waals surface area contributed by atoms with Crippen LogP contribution in [0.15, 0.2) is 31.4 Å². The molecular weight excluding hydrogens is 196 g/mol. The van der Waals surface area contributed by atoms with Crippen molar-refractivity contribution in [2.45, 2.75) is 32.1 Å². The molecule has 1 heteroatoms. The van der Waals surface area contributed by atoms with E-state index >= 15 is 0 Å². The van der Waals surface area contributed by atoms with Crippen LogP contribution in [-0.2, 0) is 19.3 Å². The molecule has 0 amide bonds. The van der Waals surface area contributed by atoms with E-state index in [1.165, 1.54) is 16.7 Å². The van der Waals surface area contributed by atoms with Crippen molar-refractivity contribution >= 4 is 0 Å². The first-order chi connectivity index (χ1) is 7.69. The van der Waals surface area contributed by atoms with Gasteiger partial charge in [0.1, 0.15) is 5.75 Å². The Labute approximate surface area is 97.1 Å². The van der Waals surface area contributed by atoms with Crippen molar-refractivity contribution in [3.05, 3.63) is 53.6 Å². The summed E-state index contributed by atoms with van der Waals surface area (Å²) in [5.74, 6) is 1.03. The van der Waals surface area contributed by atoms with E-state index in [4.69, 9.17) is 0 Å². The largest absolute Gasteiger partial charge is 0.508 e. The predicted octanol–water partition coefficient (Wildman–Crippen LogP) is 3.51. The minimum absolute atomic E-state index is 0.456. The van der Waals surface area contributed by atoms with Gasteiger partial charge in [0.25, 0.3) is 0 Å². The van der Waals surface area contributed by atoms with Crippen LogP contribution in [0.4, 0.5) is 0 Å². The van der Waals surface area contributed by atoms with Gasteiger partial charge in [-0.1, -0.05) is 19.1 Å². The summed E-state index contributed by atoms with van der Waals surface area (Å²) in [6.45, 7) is 9.79. The van der Waals surface area contributed by atoms with Gasteiger partial charge in [-0.3, -0.25) is 0 Å². The van der Waals surface area contributed by atoms with Crippen LogP contribution < -0.4 is 0 Å². The molecule has 1 N–H and O–H groups in total. The Kier molecular flexibility index (Phi) is 2.86. The third kappa shape index (κ3) is 1.57. The molecule has 1 aromatic carbocycles. The van der Waals surface area contributed by atoms with E-state index in [-0.39, 0.29) is 0 Å². The molecule has 1 aliphatic carbocycles. The second-order valence-electron chi connectivity index (χ2n) is 4.52. The molecule has 1 aromatic rings. The molecule has 16 heavy (non-hydrogen) atoms. The normalized spacial score (nSPS) is 17.4. The molecular formula is C15H18O. The van der Waals surface area contributed by atoms with E-state index in [0.717, 1.165) is 24.8 Å². The Hall–Kier alpha value is -1.50. The van der Waals surface area contributed by atoms with Crippen LogP contribution in [0.1, 0.15) is 35.1 Å². The molecule has 1 aliphatic rings. The van der Waals surface area contributed by atoms with Gasteiger partial charge in [-0.2, -0.15) is 0 Å². The third-order valence-electron chi connectivity index (χ3n) is 3.37. The first-order valence-corrected chi connectivity index (χ1v) is 5.77. The average Bonchev–Trinajstić information content (AvgIpc) is 2.23. The van der Waals surface area contributed by atoms with Crippen LogP contribution in [0.3, 0.4) is 0 Å². The van der Waals surface area contributed by atoms with Gasteiger partial charge >= 0.3 is 0 Å². The highest BCUT2D eigenvalue weighted by atomic mass is 16.3. The van der Waals surface area contributed by atoms with Crippen molar-refractivity contribution in [1.82, 2.24) is 0 Å². The van der Waals surface area contributed by atoms with E-state index in [9.17, 15) is 5.11 Å². The van der Waals surface area contributed by atoms with Crippen molar-refractivity contribution in [1.29, 1.82) is 0 Å². The SMILES string of the molecule is C=CCc1cc(O)c2c(c1CC=C)C(C)C2. The van der Waals surface area contributed by atoms with Crippen molar-refractivity contribution in [2.75, 3.05) is 0 Å². The summed E-state index contributed by atoms with van der Waals surface area (Å²) in [5, 5.41) is 9.91. The second kappa shape index (κ2) is 4.17. The average molecular weight is 214 g/mol. The number of phenols is 1. The van der Waals surface area contributed by atoms with Gasteiger partial charge in [-0.25, -0.2) is 0 Å². The summed E-state index contributed by atoms with van der Waals surface area (Å²) in [6, 6.07) is 1.89. The van der Waals surface area contributed by atoms with E-state index in [0.29, 0.717) is 11.7 Å². The van der Waals surface area contributed by atoms with Gasteiger partial charge in [0.15, 0.2) is 0 Å². The Morgan fingerprint density at radius 2 is 2.06 bits per heavy atom. The van der Waals surface area contributed by atoms with Crippen molar-refractivity contribution in [3.8, 4) is 5.75 Å². The minimum atomic E-state index is 0.456. The minimum Gasteiger partial charge on any atom is -0.508 e. The Balaban J connectivity index is 2.56. The molecule has 1 atom stereocenters. The van der Waals surface area contributed by atoms with Crippen molar-refractivity contribution < 1.29 is 5.11 Å². The topological polar surface area (TPSA) is 20.2 Å². The van der Waals surface area contributed by atoms with Crippen molar-refractivity contribution in [2.24, 2.45) is 0 Å². The number of aromatic hydroxyl groups is 1. The third-order valence-corrected chi connectivity index (χ3v) is 3.37. The van der Waals surface area contributed by atoms with E-state index in [2.05, 4.69) is 20.1 Å². The predicted molar refractivity (Wildman–Crippen MR) is 68.0 cm³/mol. The lowest BCUT2D eigenvalue weighted by Gasteiger charge is -2.32. The van der Waals surface area contributed by atoms with Crippen LogP contribution >= 0.6 is 0 Å². The van der Waals surface area contributed by atoms with Crippen LogP contribution in [0.25, 0.3) is 0 Å². The fourth-order valence-electron chi connectivity index (χ4n) is 2.64. The molecule has 0 spiro atoms. The lowest BCUT2D eigenvalue weighted by Crippen LogP contribution is -2.18. The smallest absolute Gasteiger partial charge is 0.119 e. The number of benzene rings is 1. The number of rotatable bonds is 4. The lowest BCUT2D eigenvalue weighted by atomic mass is 9.73. The first-order valence-electron chi connectivity index (χ1n) is 5.77. The van der Waals surface area contributed by atoms with E-state index in [1.54, 1.807) is 0 Å². The molecule has 2 rings (SSSR count). The van der Waals surface area contributed by atoms with Crippen LogP contribution in [-0.4, -0.2) is 5.11 Å². The lowest BCUT2D eigenvalue weighted by molar-refractivity contribution is 0.452. The number of hydrogen-bond donors (Lipinski definition) is 1. The highest BCUT2D eigenvalue weighted by Crippen LogP contribution is 2.44. The standard InChI is InChI=1S/C15H18O/c1-4-6-11-9-14(16)13-8-10(3)15(13)12(11)7-5-2/h4-5,9-10,16H,1-2,6-8H2,3H3. The molecule has 0 aromatic heterocycles. The van der Waals surface area contributed by atoms with Gasteiger partial charge in [-0.15, -0.1) is 13.2 Å². The summed E-state index contributed by atoms with van der Waals surface area (Å²) in [7, 11) is 0. The summed E-state index contributed by atoms with van der Waals surface area (Å²) in [6.07, 6.45) is 6.52. The fourth-order valence-corrected chi connectivity index (χ4v) is 2.64. The van der Waals surface area contributed by atoms with Crippen LogP contribution in [0.5, 0.6) is 5.75 Å². The van der Waals surface area contributed by atoms with Gasteiger partial charge in [0, 0.05) is 0 Å². The quantitative estimate of drug-likeness (QED) is 0.760. The maximum Gasteiger partial charge on any atom is 0.119 e. The molecule has 0 aliphatic heterocycles. The zero-order valence-electron chi connectivity index (χ0n) is 9.79.